The van der Waals surface area contributed by atoms with Gasteiger partial charge in [-0.1, -0.05) is 30.3 Å². The standard InChI is InChI=1S/C23H21FN2O4S/c1-3-30-23(29)19-14(2)20(21(28)25-17-7-5-4-6-8-17)31-22(19)26-18(27)13-15-9-11-16(24)12-10-15/h4-12H,3,13H2,1-2H3,(H,25,28)(H,26,27). The van der Waals surface area contributed by atoms with E-state index in [2.05, 4.69) is 10.6 Å². The average Bonchev–Trinajstić information content (AvgIpc) is 3.06. The third-order valence-corrected chi connectivity index (χ3v) is 5.60. The number of hydrogen-bond acceptors (Lipinski definition) is 5. The van der Waals surface area contributed by atoms with Crippen LogP contribution in [-0.2, 0) is 16.0 Å². The van der Waals surface area contributed by atoms with Gasteiger partial charge in [-0.3, -0.25) is 9.59 Å². The molecule has 0 atom stereocenters. The number of halogens is 1. The van der Waals surface area contributed by atoms with Gasteiger partial charge in [0.25, 0.3) is 5.91 Å². The zero-order valence-corrected chi connectivity index (χ0v) is 17.8. The van der Waals surface area contributed by atoms with Crippen molar-refractivity contribution in [1.82, 2.24) is 0 Å². The zero-order chi connectivity index (χ0) is 22.4. The molecule has 0 unspecified atom stereocenters. The fourth-order valence-corrected chi connectivity index (χ4v) is 4.04. The maximum Gasteiger partial charge on any atom is 0.341 e. The van der Waals surface area contributed by atoms with Crippen LogP contribution in [0.25, 0.3) is 0 Å². The van der Waals surface area contributed by atoms with Gasteiger partial charge in [-0.05, 0) is 49.2 Å². The van der Waals surface area contributed by atoms with Crippen molar-refractivity contribution in [1.29, 1.82) is 0 Å². The van der Waals surface area contributed by atoms with Crippen LogP contribution in [0.2, 0.25) is 0 Å². The lowest BCUT2D eigenvalue weighted by atomic mass is 10.1. The molecular formula is C23H21FN2O4S. The van der Waals surface area contributed by atoms with E-state index >= 15 is 0 Å². The van der Waals surface area contributed by atoms with Crippen molar-refractivity contribution < 1.29 is 23.5 Å². The summed E-state index contributed by atoms with van der Waals surface area (Å²) in [5, 5.41) is 5.72. The van der Waals surface area contributed by atoms with Crippen molar-refractivity contribution in [2.24, 2.45) is 0 Å². The number of esters is 1. The van der Waals surface area contributed by atoms with E-state index < -0.39 is 23.6 Å². The highest BCUT2D eigenvalue weighted by Gasteiger charge is 2.26. The lowest BCUT2D eigenvalue weighted by molar-refractivity contribution is -0.115. The molecule has 31 heavy (non-hydrogen) atoms. The minimum absolute atomic E-state index is 0.00889. The molecule has 0 saturated carbocycles. The van der Waals surface area contributed by atoms with Gasteiger partial charge in [0, 0.05) is 5.69 Å². The fourth-order valence-electron chi connectivity index (χ4n) is 2.94. The summed E-state index contributed by atoms with van der Waals surface area (Å²) in [6.45, 7) is 3.47. The summed E-state index contributed by atoms with van der Waals surface area (Å²) in [6.07, 6.45) is -0.00889. The normalized spacial score (nSPS) is 10.4. The van der Waals surface area contributed by atoms with E-state index in [-0.39, 0.29) is 23.6 Å². The first-order valence-corrected chi connectivity index (χ1v) is 10.4. The molecule has 3 rings (SSSR count). The number of amides is 2. The molecule has 0 aliphatic heterocycles. The fraction of sp³-hybridized carbons (Fsp3) is 0.174. The Balaban J connectivity index is 1.86. The van der Waals surface area contributed by atoms with E-state index in [4.69, 9.17) is 4.74 Å². The third kappa shape index (κ3) is 5.55. The number of anilines is 2. The zero-order valence-electron chi connectivity index (χ0n) is 17.0. The number of carbonyl (C=O) groups is 3. The first-order valence-electron chi connectivity index (χ1n) is 9.60. The highest BCUT2D eigenvalue weighted by molar-refractivity contribution is 7.18. The van der Waals surface area contributed by atoms with E-state index in [0.29, 0.717) is 21.7 Å². The molecule has 2 N–H and O–H groups in total. The summed E-state index contributed by atoms with van der Waals surface area (Å²) in [6, 6.07) is 14.5. The lowest BCUT2D eigenvalue weighted by Gasteiger charge is -2.07. The van der Waals surface area contributed by atoms with Crippen LogP contribution in [0.1, 0.15) is 38.1 Å². The van der Waals surface area contributed by atoms with Crippen molar-refractivity contribution in [3.05, 3.63) is 82.0 Å². The second-order valence-electron chi connectivity index (χ2n) is 6.65. The summed E-state index contributed by atoms with van der Waals surface area (Å²) in [4.78, 5) is 38.1. The Labute approximate surface area is 183 Å². The largest absolute Gasteiger partial charge is 0.462 e. The van der Waals surface area contributed by atoms with Gasteiger partial charge < -0.3 is 15.4 Å². The predicted molar refractivity (Wildman–Crippen MR) is 118 cm³/mol. The highest BCUT2D eigenvalue weighted by Crippen LogP contribution is 2.34. The molecular weight excluding hydrogens is 419 g/mol. The first kappa shape index (κ1) is 22.2. The van der Waals surface area contributed by atoms with Crippen LogP contribution in [0.4, 0.5) is 15.1 Å². The lowest BCUT2D eigenvalue weighted by Crippen LogP contribution is -2.16. The van der Waals surface area contributed by atoms with Crippen LogP contribution < -0.4 is 10.6 Å². The molecule has 0 bridgehead atoms. The molecule has 160 valence electrons. The Morgan fingerprint density at radius 3 is 2.32 bits per heavy atom. The van der Waals surface area contributed by atoms with Crippen LogP contribution in [-0.4, -0.2) is 24.4 Å². The van der Waals surface area contributed by atoms with Crippen molar-refractivity contribution in [3.63, 3.8) is 0 Å². The summed E-state index contributed by atoms with van der Waals surface area (Å²) in [7, 11) is 0. The first-order chi connectivity index (χ1) is 14.9. The summed E-state index contributed by atoms with van der Waals surface area (Å²) >= 11 is 1.00. The van der Waals surface area contributed by atoms with E-state index in [9.17, 15) is 18.8 Å². The maximum absolute atomic E-state index is 13.1. The van der Waals surface area contributed by atoms with Crippen LogP contribution in [0, 0.1) is 12.7 Å². The molecule has 0 radical (unpaired) electrons. The van der Waals surface area contributed by atoms with Crippen molar-refractivity contribution >= 4 is 39.8 Å². The smallest absolute Gasteiger partial charge is 0.341 e. The van der Waals surface area contributed by atoms with Crippen LogP contribution >= 0.6 is 11.3 Å². The average molecular weight is 440 g/mol. The Hall–Kier alpha value is -3.52. The number of para-hydroxylation sites is 1. The minimum atomic E-state index is -0.618. The van der Waals surface area contributed by atoms with E-state index in [1.54, 1.807) is 38.1 Å². The molecule has 0 fully saturated rings. The van der Waals surface area contributed by atoms with Crippen molar-refractivity contribution in [2.75, 3.05) is 17.2 Å². The summed E-state index contributed by atoms with van der Waals surface area (Å²) in [5.41, 5.74) is 1.80. The van der Waals surface area contributed by atoms with Gasteiger partial charge in [-0.25, -0.2) is 9.18 Å². The van der Waals surface area contributed by atoms with Gasteiger partial charge in [0.05, 0.1) is 23.5 Å². The number of nitrogens with one attached hydrogen (secondary N) is 2. The molecule has 0 aliphatic rings. The Morgan fingerprint density at radius 1 is 1.00 bits per heavy atom. The van der Waals surface area contributed by atoms with Crippen LogP contribution in [0.15, 0.2) is 54.6 Å². The maximum atomic E-state index is 13.1. The second-order valence-corrected chi connectivity index (χ2v) is 7.67. The van der Waals surface area contributed by atoms with Gasteiger partial charge in [0.1, 0.15) is 10.8 Å². The van der Waals surface area contributed by atoms with Gasteiger partial charge >= 0.3 is 5.97 Å². The number of carbonyl (C=O) groups excluding carboxylic acids is 3. The number of ether oxygens (including phenoxy) is 1. The van der Waals surface area contributed by atoms with Gasteiger partial charge in [0.15, 0.2) is 0 Å². The number of hydrogen-bond donors (Lipinski definition) is 2. The Bertz CT molecular complexity index is 1090. The molecule has 0 spiro atoms. The van der Waals surface area contributed by atoms with Gasteiger partial charge in [-0.15, -0.1) is 11.3 Å². The molecule has 8 heteroatoms. The highest BCUT2D eigenvalue weighted by atomic mass is 32.1. The number of rotatable bonds is 7. The molecule has 0 saturated heterocycles. The molecule has 0 aliphatic carbocycles. The molecule has 6 nitrogen and oxygen atoms in total. The van der Waals surface area contributed by atoms with Crippen molar-refractivity contribution in [2.45, 2.75) is 20.3 Å². The topological polar surface area (TPSA) is 84.5 Å². The number of thiophene rings is 1. The second kappa shape index (κ2) is 9.99. The van der Waals surface area contributed by atoms with Crippen LogP contribution in [0.5, 0.6) is 0 Å². The van der Waals surface area contributed by atoms with Crippen molar-refractivity contribution in [3.8, 4) is 0 Å². The predicted octanol–water partition coefficient (Wildman–Crippen LogP) is 4.81. The Kier molecular flexibility index (Phi) is 7.15. The van der Waals surface area contributed by atoms with E-state index in [0.717, 1.165) is 11.3 Å². The van der Waals surface area contributed by atoms with Gasteiger partial charge in [-0.2, -0.15) is 0 Å². The van der Waals surface area contributed by atoms with Gasteiger partial charge in [0.2, 0.25) is 5.91 Å². The Morgan fingerprint density at radius 2 is 1.68 bits per heavy atom. The van der Waals surface area contributed by atoms with Crippen LogP contribution in [0.3, 0.4) is 0 Å². The molecule has 1 aromatic heterocycles. The molecule has 1 heterocycles. The minimum Gasteiger partial charge on any atom is -0.462 e. The summed E-state index contributed by atoms with van der Waals surface area (Å²) in [5.74, 6) is -1.80. The van der Waals surface area contributed by atoms with E-state index in [1.807, 2.05) is 6.07 Å². The molecule has 2 amide bonds. The van der Waals surface area contributed by atoms with E-state index in [1.165, 1.54) is 24.3 Å². The third-order valence-electron chi connectivity index (χ3n) is 4.40. The molecule has 2 aromatic carbocycles. The quantitative estimate of drug-likeness (QED) is 0.517. The number of benzene rings is 2. The monoisotopic (exact) mass is 440 g/mol. The summed E-state index contributed by atoms with van der Waals surface area (Å²) < 4.78 is 18.2. The molecule has 3 aromatic rings. The SMILES string of the molecule is CCOC(=O)c1c(NC(=O)Cc2ccc(F)cc2)sc(C(=O)Nc2ccccc2)c1C.